The number of alkyl halides is 1. The van der Waals surface area contributed by atoms with E-state index in [4.69, 9.17) is 5.26 Å². The Balaban J connectivity index is 1.90. The maximum absolute atomic E-state index is 8.65. The van der Waals surface area contributed by atoms with E-state index in [2.05, 4.69) is 26.9 Å². The summed E-state index contributed by atoms with van der Waals surface area (Å²) in [5.74, 6) is 0. The molecule has 0 aromatic rings. The Bertz CT molecular complexity index is 233. The smallest absolute Gasteiger partial charge is 0.0635 e. The fourth-order valence-electron chi connectivity index (χ4n) is 2.40. The summed E-state index contributed by atoms with van der Waals surface area (Å²) in [6.07, 6.45) is 13.0. The van der Waals surface area contributed by atoms with Gasteiger partial charge in [0.05, 0.1) is 6.07 Å². The van der Waals surface area contributed by atoms with Gasteiger partial charge in [-0.3, -0.25) is 4.90 Å². The molecule has 2 nitrogen and oxygen atoms in total. The minimum atomic E-state index is 0.697. The maximum Gasteiger partial charge on any atom is 0.0635 e. The number of hydrogen-bond donors (Lipinski definition) is 0. The van der Waals surface area contributed by atoms with Gasteiger partial charge in [-0.15, -0.1) is 0 Å². The van der Waals surface area contributed by atoms with Crippen LogP contribution in [0.2, 0.25) is 0 Å². The third-order valence-corrected chi connectivity index (χ3v) is 4.21. The molecule has 0 heterocycles. The highest BCUT2D eigenvalue weighted by Gasteiger charge is 2.27. The molecule has 1 aliphatic carbocycles. The highest BCUT2D eigenvalue weighted by Crippen LogP contribution is 2.27. The quantitative estimate of drug-likeness (QED) is 0.392. The van der Waals surface area contributed by atoms with Gasteiger partial charge in [0.1, 0.15) is 0 Å². The molecule has 1 saturated carbocycles. The summed E-state index contributed by atoms with van der Waals surface area (Å²) in [6.45, 7) is 2.21. The summed E-state index contributed by atoms with van der Waals surface area (Å²) in [6, 6.07) is 3.08. The van der Waals surface area contributed by atoms with Crippen LogP contribution in [-0.2, 0) is 0 Å². The van der Waals surface area contributed by atoms with Crippen molar-refractivity contribution in [1.82, 2.24) is 4.90 Å². The van der Waals surface area contributed by atoms with Gasteiger partial charge in [-0.1, -0.05) is 48.0 Å². The zero-order chi connectivity index (χ0) is 13.1. The van der Waals surface area contributed by atoms with Crippen molar-refractivity contribution in [2.75, 3.05) is 18.4 Å². The molecule has 0 N–H and O–H groups in total. The van der Waals surface area contributed by atoms with Crippen LogP contribution in [0.1, 0.15) is 64.2 Å². The molecule has 0 aromatic heterocycles. The van der Waals surface area contributed by atoms with Gasteiger partial charge in [-0.25, -0.2) is 0 Å². The van der Waals surface area contributed by atoms with Crippen molar-refractivity contribution in [2.45, 2.75) is 70.3 Å². The standard InChI is InChI=1S/C15H27BrN2/c16-11-6-4-2-1-3-5-7-13-18(14-8-12-17)15-9-10-15/h15H,1-11,13-14H2. The first-order valence-corrected chi connectivity index (χ1v) is 8.67. The summed E-state index contributed by atoms with van der Waals surface area (Å²) >= 11 is 3.47. The molecule has 1 rings (SSSR count). The first kappa shape index (κ1) is 16.0. The predicted octanol–water partition coefficient (Wildman–Crippen LogP) is 4.49. The van der Waals surface area contributed by atoms with E-state index in [9.17, 15) is 0 Å². The Hall–Kier alpha value is -0.0700. The lowest BCUT2D eigenvalue weighted by molar-refractivity contribution is 0.262. The molecule has 0 saturated heterocycles. The summed E-state index contributed by atoms with van der Waals surface area (Å²) in [5.41, 5.74) is 0. The first-order chi connectivity index (χ1) is 8.88. The second kappa shape index (κ2) is 10.8. The van der Waals surface area contributed by atoms with Gasteiger partial charge in [0, 0.05) is 24.3 Å². The maximum atomic E-state index is 8.65. The molecular formula is C15H27BrN2. The molecule has 0 bridgehead atoms. The van der Waals surface area contributed by atoms with E-state index < -0.39 is 0 Å². The second-order valence-corrected chi connectivity index (χ2v) is 6.13. The van der Waals surface area contributed by atoms with Crippen molar-refractivity contribution in [3.05, 3.63) is 0 Å². The van der Waals surface area contributed by atoms with Crippen LogP contribution in [0.25, 0.3) is 0 Å². The lowest BCUT2D eigenvalue weighted by Crippen LogP contribution is -2.28. The van der Waals surface area contributed by atoms with Crippen molar-refractivity contribution in [3.8, 4) is 6.07 Å². The van der Waals surface area contributed by atoms with Gasteiger partial charge in [0.2, 0.25) is 0 Å². The summed E-state index contributed by atoms with van der Waals surface area (Å²) in [4.78, 5) is 2.54. The van der Waals surface area contributed by atoms with Crippen LogP contribution in [-0.4, -0.2) is 29.4 Å². The zero-order valence-corrected chi connectivity index (χ0v) is 13.1. The average Bonchev–Trinajstić information content (AvgIpc) is 3.20. The zero-order valence-electron chi connectivity index (χ0n) is 11.5. The normalized spacial score (nSPS) is 14.9. The number of nitriles is 1. The SMILES string of the molecule is N#CCCN(CCCCCCCCCBr)C1CC1. The number of halogens is 1. The van der Waals surface area contributed by atoms with Crippen LogP contribution >= 0.6 is 15.9 Å². The molecule has 0 unspecified atom stereocenters. The Morgan fingerprint density at radius 2 is 1.56 bits per heavy atom. The molecular weight excluding hydrogens is 288 g/mol. The van der Waals surface area contributed by atoms with E-state index in [0.29, 0.717) is 6.42 Å². The molecule has 0 amide bonds. The van der Waals surface area contributed by atoms with Crippen molar-refractivity contribution in [2.24, 2.45) is 0 Å². The largest absolute Gasteiger partial charge is 0.299 e. The minimum Gasteiger partial charge on any atom is -0.299 e. The Kier molecular flexibility index (Phi) is 9.61. The van der Waals surface area contributed by atoms with Gasteiger partial charge < -0.3 is 0 Å². The first-order valence-electron chi connectivity index (χ1n) is 7.55. The molecule has 0 atom stereocenters. The Morgan fingerprint density at radius 1 is 0.944 bits per heavy atom. The van der Waals surface area contributed by atoms with E-state index in [1.54, 1.807) is 0 Å². The molecule has 1 aliphatic rings. The number of rotatable bonds is 12. The lowest BCUT2D eigenvalue weighted by Gasteiger charge is -2.20. The Morgan fingerprint density at radius 3 is 2.11 bits per heavy atom. The van der Waals surface area contributed by atoms with Crippen LogP contribution in [0, 0.1) is 11.3 Å². The van der Waals surface area contributed by atoms with Crippen molar-refractivity contribution < 1.29 is 0 Å². The van der Waals surface area contributed by atoms with E-state index in [1.165, 1.54) is 64.3 Å². The highest BCUT2D eigenvalue weighted by molar-refractivity contribution is 9.09. The fraction of sp³-hybridized carbons (Fsp3) is 0.933. The molecule has 0 radical (unpaired) electrons. The van der Waals surface area contributed by atoms with Gasteiger partial charge in [-0.2, -0.15) is 5.26 Å². The molecule has 0 aliphatic heterocycles. The number of hydrogen-bond acceptors (Lipinski definition) is 2. The van der Waals surface area contributed by atoms with Gasteiger partial charge in [0.15, 0.2) is 0 Å². The molecule has 3 heteroatoms. The third-order valence-electron chi connectivity index (χ3n) is 3.65. The molecule has 0 spiro atoms. The molecule has 1 fully saturated rings. The van der Waals surface area contributed by atoms with Crippen molar-refractivity contribution in [1.29, 1.82) is 5.26 Å². The minimum absolute atomic E-state index is 0.697. The topological polar surface area (TPSA) is 27.0 Å². The van der Waals surface area contributed by atoms with Gasteiger partial charge in [0.25, 0.3) is 0 Å². The van der Waals surface area contributed by atoms with Crippen molar-refractivity contribution >= 4 is 15.9 Å². The van der Waals surface area contributed by atoms with E-state index in [-0.39, 0.29) is 0 Å². The van der Waals surface area contributed by atoms with Crippen LogP contribution < -0.4 is 0 Å². The van der Waals surface area contributed by atoms with Gasteiger partial charge >= 0.3 is 0 Å². The van der Waals surface area contributed by atoms with Crippen molar-refractivity contribution in [3.63, 3.8) is 0 Å². The molecule has 18 heavy (non-hydrogen) atoms. The van der Waals surface area contributed by atoms with Crippen LogP contribution in [0.4, 0.5) is 0 Å². The van der Waals surface area contributed by atoms with Crippen LogP contribution in [0.3, 0.4) is 0 Å². The third kappa shape index (κ3) is 8.11. The second-order valence-electron chi connectivity index (χ2n) is 5.34. The lowest BCUT2D eigenvalue weighted by atomic mass is 10.1. The fourth-order valence-corrected chi connectivity index (χ4v) is 2.80. The summed E-state index contributed by atoms with van der Waals surface area (Å²) in [5, 5.41) is 9.80. The van der Waals surface area contributed by atoms with E-state index in [0.717, 1.165) is 17.9 Å². The van der Waals surface area contributed by atoms with E-state index >= 15 is 0 Å². The summed E-state index contributed by atoms with van der Waals surface area (Å²) in [7, 11) is 0. The molecule has 0 aromatic carbocycles. The predicted molar refractivity (Wildman–Crippen MR) is 80.9 cm³/mol. The van der Waals surface area contributed by atoms with E-state index in [1.807, 2.05) is 0 Å². The number of nitrogens with zero attached hydrogens (tertiary/aromatic N) is 2. The highest BCUT2D eigenvalue weighted by atomic mass is 79.9. The number of unbranched alkanes of at least 4 members (excludes halogenated alkanes) is 6. The monoisotopic (exact) mass is 314 g/mol. The van der Waals surface area contributed by atoms with Gasteiger partial charge in [-0.05, 0) is 32.2 Å². The molecule has 104 valence electrons. The van der Waals surface area contributed by atoms with Crippen LogP contribution in [0.15, 0.2) is 0 Å². The summed E-state index contributed by atoms with van der Waals surface area (Å²) < 4.78 is 0. The van der Waals surface area contributed by atoms with Crippen LogP contribution in [0.5, 0.6) is 0 Å². The average molecular weight is 315 g/mol. The Labute approximate surface area is 121 Å².